The fourth-order valence-electron chi connectivity index (χ4n) is 4.08. The number of fused-ring (bicyclic) bond motifs is 1. The summed E-state index contributed by atoms with van der Waals surface area (Å²) in [7, 11) is 0. The van der Waals surface area contributed by atoms with Crippen LogP contribution in [0.2, 0.25) is 0 Å². The second-order valence-electron chi connectivity index (χ2n) is 8.05. The summed E-state index contributed by atoms with van der Waals surface area (Å²) in [6.07, 6.45) is 2.73. The molecular formula is C27H27NO4. The molecule has 1 N–H and O–H groups in total. The van der Waals surface area contributed by atoms with Gasteiger partial charge in [-0.1, -0.05) is 42.3 Å². The highest BCUT2D eigenvalue weighted by atomic mass is 16.5. The topological polar surface area (TPSA) is 62.9 Å². The second-order valence-corrected chi connectivity index (χ2v) is 8.05. The van der Waals surface area contributed by atoms with Crippen LogP contribution in [-0.4, -0.2) is 22.5 Å². The van der Waals surface area contributed by atoms with Gasteiger partial charge >= 0.3 is 5.97 Å². The third-order valence-corrected chi connectivity index (χ3v) is 5.67. The molecule has 32 heavy (non-hydrogen) atoms. The lowest BCUT2D eigenvalue weighted by atomic mass is 9.96. The Morgan fingerprint density at radius 1 is 1.19 bits per heavy atom. The predicted octanol–water partition coefficient (Wildman–Crippen LogP) is 5.00. The molecule has 1 aliphatic heterocycles. The van der Waals surface area contributed by atoms with E-state index in [2.05, 4.69) is 47.1 Å². The maximum Gasteiger partial charge on any atom is 0.304 e. The summed E-state index contributed by atoms with van der Waals surface area (Å²) in [6, 6.07) is 18.1. The van der Waals surface area contributed by atoms with Crippen molar-refractivity contribution >= 4 is 5.97 Å². The molecule has 0 saturated heterocycles. The Morgan fingerprint density at radius 3 is 2.78 bits per heavy atom. The van der Waals surface area contributed by atoms with Crippen LogP contribution in [0, 0.1) is 11.8 Å². The van der Waals surface area contributed by atoms with Gasteiger partial charge in [0.05, 0.1) is 18.6 Å². The van der Waals surface area contributed by atoms with E-state index in [9.17, 15) is 4.79 Å². The average molecular weight is 430 g/mol. The Balaban J connectivity index is 1.34. The van der Waals surface area contributed by atoms with Crippen LogP contribution < -0.4 is 4.74 Å². The fraction of sp³-hybridized carbons (Fsp3) is 0.296. The Bertz CT molecular complexity index is 1120. The molecule has 1 unspecified atom stereocenters. The number of rotatable bonds is 8. The molecule has 1 aromatic heterocycles. The fourth-order valence-corrected chi connectivity index (χ4v) is 4.08. The minimum absolute atomic E-state index is 0.00718. The van der Waals surface area contributed by atoms with Gasteiger partial charge in [-0.05, 0) is 41.8 Å². The third-order valence-electron chi connectivity index (χ3n) is 5.67. The number of nitrogens with zero attached hydrogens (tertiary/aromatic N) is 1. The predicted molar refractivity (Wildman–Crippen MR) is 122 cm³/mol. The van der Waals surface area contributed by atoms with Crippen molar-refractivity contribution in [1.29, 1.82) is 0 Å². The number of carbonyl (C=O) groups is 1. The van der Waals surface area contributed by atoms with Gasteiger partial charge in [0.2, 0.25) is 0 Å². The quantitative estimate of drug-likeness (QED) is 0.511. The number of hydrogen-bond donors (Lipinski definition) is 1. The highest BCUT2D eigenvalue weighted by Gasteiger charge is 2.18. The molecule has 4 rings (SSSR count). The van der Waals surface area contributed by atoms with Gasteiger partial charge in [-0.3, -0.25) is 9.69 Å². The standard InChI is InChI=1S/C27H27NO4/c1-2-4-23(16-27(29)30)22-7-9-25(10-8-22)32-19-21-6-3-5-20(15-21)17-28-13-11-26-24(18-28)12-14-31-26/h3,5-10,12,14-15,23H,11,13,16-19H2,1H3,(H,29,30). The summed E-state index contributed by atoms with van der Waals surface area (Å²) in [5.74, 6) is 6.49. The molecule has 2 heterocycles. The van der Waals surface area contributed by atoms with Gasteiger partial charge in [0, 0.05) is 31.6 Å². The number of benzene rings is 2. The van der Waals surface area contributed by atoms with E-state index in [4.69, 9.17) is 14.3 Å². The summed E-state index contributed by atoms with van der Waals surface area (Å²) in [6.45, 7) is 5.02. The number of hydrogen-bond acceptors (Lipinski definition) is 4. The van der Waals surface area contributed by atoms with Crippen molar-refractivity contribution in [3.8, 4) is 17.6 Å². The average Bonchev–Trinajstić information content (AvgIpc) is 3.26. The Labute approximate surface area is 188 Å². The minimum Gasteiger partial charge on any atom is -0.489 e. The van der Waals surface area contributed by atoms with E-state index in [1.54, 1.807) is 13.2 Å². The van der Waals surface area contributed by atoms with E-state index in [1.165, 1.54) is 11.1 Å². The summed E-state index contributed by atoms with van der Waals surface area (Å²) in [5, 5.41) is 9.10. The zero-order valence-corrected chi connectivity index (χ0v) is 18.2. The summed E-state index contributed by atoms with van der Waals surface area (Å²) in [4.78, 5) is 13.5. The molecule has 5 nitrogen and oxygen atoms in total. The number of carboxylic acid groups (broad SMARTS) is 1. The van der Waals surface area contributed by atoms with Crippen molar-refractivity contribution in [1.82, 2.24) is 4.90 Å². The van der Waals surface area contributed by atoms with Gasteiger partial charge < -0.3 is 14.3 Å². The van der Waals surface area contributed by atoms with Crippen LogP contribution in [0.3, 0.4) is 0 Å². The molecule has 1 aliphatic rings. The van der Waals surface area contributed by atoms with Crippen molar-refractivity contribution in [2.24, 2.45) is 0 Å². The van der Waals surface area contributed by atoms with Gasteiger partial charge in [0.15, 0.2) is 0 Å². The lowest BCUT2D eigenvalue weighted by molar-refractivity contribution is -0.137. The Kier molecular flexibility index (Phi) is 6.94. The van der Waals surface area contributed by atoms with Gasteiger partial charge in [-0.25, -0.2) is 0 Å². The van der Waals surface area contributed by atoms with Crippen molar-refractivity contribution in [2.75, 3.05) is 6.54 Å². The number of ether oxygens (including phenoxy) is 1. The summed E-state index contributed by atoms with van der Waals surface area (Å²) < 4.78 is 11.5. The normalized spacial score (nSPS) is 14.2. The monoisotopic (exact) mass is 429 g/mol. The lowest BCUT2D eigenvalue weighted by Gasteiger charge is -2.26. The van der Waals surface area contributed by atoms with E-state index >= 15 is 0 Å². The van der Waals surface area contributed by atoms with Crippen LogP contribution in [0.4, 0.5) is 0 Å². The van der Waals surface area contributed by atoms with Crippen LogP contribution in [0.5, 0.6) is 5.75 Å². The first-order valence-corrected chi connectivity index (χ1v) is 10.8. The van der Waals surface area contributed by atoms with Gasteiger partial charge in [-0.15, -0.1) is 5.92 Å². The minimum atomic E-state index is -0.854. The maximum absolute atomic E-state index is 11.1. The van der Waals surface area contributed by atoms with Crippen LogP contribution in [0.25, 0.3) is 0 Å². The van der Waals surface area contributed by atoms with Crippen LogP contribution in [-0.2, 0) is 30.9 Å². The molecular weight excluding hydrogens is 402 g/mol. The van der Waals surface area contributed by atoms with E-state index in [0.29, 0.717) is 6.61 Å². The number of aliphatic carboxylic acids is 1. The van der Waals surface area contributed by atoms with Crippen LogP contribution in [0.15, 0.2) is 65.3 Å². The van der Waals surface area contributed by atoms with E-state index < -0.39 is 5.97 Å². The molecule has 0 radical (unpaired) electrons. The third kappa shape index (κ3) is 5.60. The molecule has 1 atom stereocenters. The summed E-state index contributed by atoms with van der Waals surface area (Å²) >= 11 is 0. The first kappa shape index (κ1) is 21.7. The SMILES string of the molecule is CC#CC(CC(=O)O)c1ccc(OCc2cccc(CN3CCc4occc4C3)c2)cc1. The lowest BCUT2D eigenvalue weighted by Crippen LogP contribution is -2.29. The molecule has 0 amide bonds. The molecule has 0 spiro atoms. The van der Waals surface area contributed by atoms with Crippen LogP contribution >= 0.6 is 0 Å². The van der Waals surface area contributed by atoms with E-state index in [0.717, 1.165) is 48.7 Å². The Morgan fingerprint density at radius 2 is 2.00 bits per heavy atom. The highest BCUT2D eigenvalue weighted by molar-refractivity contribution is 5.69. The van der Waals surface area contributed by atoms with Gasteiger partial charge in [0.1, 0.15) is 18.1 Å². The molecule has 0 fully saturated rings. The van der Waals surface area contributed by atoms with Gasteiger partial charge in [0.25, 0.3) is 0 Å². The van der Waals surface area contributed by atoms with E-state index in [1.807, 2.05) is 24.3 Å². The maximum atomic E-state index is 11.1. The van der Waals surface area contributed by atoms with Gasteiger partial charge in [-0.2, -0.15) is 0 Å². The first-order chi connectivity index (χ1) is 15.6. The molecule has 3 aromatic rings. The van der Waals surface area contributed by atoms with Crippen molar-refractivity contribution in [3.63, 3.8) is 0 Å². The number of furan rings is 1. The second kappa shape index (κ2) is 10.2. The molecule has 5 heteroatoms. The smallest absolute Gasteiger partial charge is 0.304 e. The molecule has 0 saturated carbocycles. The van der Waals surface area contributed by atoms with Crippen molar-refractivity contribution in [2.45, 2.75) is 45.4 Å². The van der Waals surface area contributed by atoms with Crippen molar-refractivity contribution < 1.29 is 19.1 Å². The molecule has 0 bridgehead atoms. The molecule has 2 aromatic carbocycles. The molecule has 0 aliphatic carbocycles. The largest absolute Gasteiger partial charge is 0.489 e. The highest BCUT2D eigenvalue weighted by Crippen LogP contribution is 2.24. The van der Waals surface area contributed by atoms with Crippen molar-refractivity contribution in [3.05, 3.63) is 88.9 Å². The number of carboxylic acids is 1. The van der Waals surface area contributed by atoms with E-state index in [-0.39, 0.29) is 12.3 Å². The zero-order chi connectivity index (χ0) is 22.3. The van der Waals surface area contributed by atoms with Crippen LogP contribution in [0.1, 0.15) is 47.3 Å². The molecule has 164 valence electrons. The Hall–Kier alpha value is -3.49. The first-order valence-electron chi connectivity index (χ1n) is 10.8. The summed E-state index contributed by atoms with van der Waals surface area (Å²) in [5.41, 5.74) is 4.56. The zero-order valence-electron chi connectivity index (χ0n) is 18.2.